The first kappa shape index (κ1) is 9.13. The van der Waals surface area contributed by atoms with E-state index in [4.69, 9.17) is 5.11 Å². The van der Waals surface area contributed by atoms with Gasteiger partial charge in [0.05, 0.1) is 10.3 Å². The fourth-order valence-electron chi connectivity index (χ4n) is 1.20. The van der Waals surface area contributed by atoms with Gasteiger partial charge in [0.2, 0.25) is 0 Å². The molecule has 0 aliphatic heterocycles. The summed E-state index contributed by atoms with van der Waals surface area (Å²) in [5.74, 6) is -1.58. The number of aromatic carboxylic acids is 1. The Labute approximate surface area is 82.1 Å². The van der Waals surface area contributed by atoms with Gasteiger partial charge in [-0.2, -0.15) is 0 Å². The highest BCUT2D eigenvalue weighted by Crippen LogP contribution is 2.22. The van der Waals surface area contributed by atoms with Crippen molar-refractivity contribution < 1.29 is 19.3 Å². The van der Waals surface area contributed by atoms with Crippen LogP contribution in [0.1, 0.15) is 10.6 Å². The molecule has 1 N–H and O–H groups in total. The standard InChI is InChI=1S/C8H4N2O5/c11-8(12)7-5-2-1-4(10(13)14)3-6(5)9-15-7/h1-3H,(H,11,12). The number of carboxylic acids is 1. The molecule has 0 atom stereocenters. The summed E-state index contributed by atoms with van der Waals surface area (Å²) >= 11 is 0. The van der Waals surface area contributed by atoms with Crippen LogP contribution in [0.3, 0.4) is 0 Å². The van der Waals surface area contributed by atoms with Gasteiger partial charge in [0.25, 0.3) is 11.4 Å². The van der Waals surface area contributed by atoms with Crippen LogP contribution < -0.4 is 0 Å². The zero-order chi connectivity index (χ0) is 11.0. The Balaban J connectivity index is 2.66. The number of benzene rings is 1. The molecule has 7 heteroatoms. The van der Waals surface area contributed by atoms with Crippen LogP contribution in [0.2, 0.25) is 0 Å². The van der Waals surface area contributed by atoms with Gasteiger partial charge >= 0.3 is 5.97 Å². The Bertz CT molecular complexity index is 559. The highest BCUT2D eigenvalue weighted by molar-refractivity contribution is 6.00. The molecule has 7 nitrogen and oxygen atoms in total. The lowest BCUT2D eigenvalue weighted by molar-refractivity contribution is -0.384. The van der Waals surface area contributed by atoms with Crippen molar-refractivity contribution in [3.8, 4) is 0 Å². The van der Waals surface area contributed by atoms with E-state index in [0.717, 1.165) is 6.07 Å². The number of nitrogens with zero attached hydrogens (tertiary/aromatic N) is 2. The maximum Gasteiger partial charge on any atom is 0.375 e. The smallest absolute Gasteiger partial charge is 0.375 e. The summed E-state index contributed by atoms with van der Waals surface area (Å²) < 4.78 is 4.54. The van der Waals surface area contributed by atoms with E-state index in [1.54, 1.807) is 0 Å². The quantitative estimate of drug-likeness (QED) is 0.590. The monoisotopic (exact) mass is 208 g/mol. The van der Waals surface area contributed by atoms with Crippen molar-refractivity contribution in [1.82, 2.24) is 5.16 Å². The van der Waals surface area contributed by atoms with E-state index < -0.39 is 10.9 Å². The number of carbonyl (C=O) groups is 1. The number of nitro benzene ring substituents is 1. The van der Waals surface area contributed by atoms with Crippen molar-refractivity contribution in [2.75, 3.05) is 0 Å². The van der Waals surface area contributed by atoms with Crippen LogP contribution in [0.25, 0.3) is 10.9 Å². The molecule has 76 valence electrons. The molecule has 0 unspecified atom stereocenters. The highest BCUT2D eigenvalue weighted by atomic mass is 16.6. The summed E-state index contributed by atoms with van der Waals surface area (Å²) in [6.07, 6.45) is 0. The van der Waals surface area contributed by atoms with Crippen molar-refractivity contribution in [2.24, 2.45) is 0 Å². The van der Waals surface area contributed by atoms with E-state index >= 15 is 0 Å². The fraction of sp³-hybridized carbons (Fsp3) is 0. The average Bonchev–Trinajstić information content (AvgIpc) is 2.59. The Hall–Kier alpha value is -2.44. The normalized spacial score (nSPS) is 10.4. The number of fused-ring (bicyclic) bond motifs is 1. The largest absolute Gasteiger partial charge is 0.475 e. The molecular formula is C8H4N2O5. The Morgan fingerprint density at radius 2 is 2.27 bits per heavy atom. The zero-order valence-corrected chi connectivity index (χ0v) is 7.21. The van der Waals surface area contributed by atoms with Gasteiger partial charge in [0.1, 0.15) is 5.52 Å². The Morgan fingerprint density at radius 3 is 2.87 bits per heavy atom. The average molecular weight is 208 g/mol. The van der Waals surface area contributed by atoms with Crippen LogP contribution in [-0.2, 0) is 0 Å². The van der Waals surface area contributed by atoms with E-state index in [-0.39, 0.29) is 22.4 Å². The van der Waals surface area contributed by atoms with Gasteiger partial charge in [0, 0.05) is 12.1 Å². The van der Waals surface area contributed by atoms with Crippen molar-refractivity contribution in [1.29, 1.82) is 0 Å². The summed E-state index contributed by atoms with van der Waals surface area (Å²) in [6.45, 7) is 0. The van der Waals surface area contributed by atoms with E-state index in [0.29, 0.717) is 0 Å². The van der Waals surface area contributed by atoms with Crippen LogP contribution in [0.4, 0.5) is 5.69 Å². The minimum absolute atomic E-state index is 0.154. The van der Waals surface area contributed by atoms with Gasteiger partial charge in [-0.05, 0) is 6.07 Å². The van der Waals surface area contributed by atoms with Crippen LogP contribution >= 0.6 is 0 Å². The van der Waals surface area contributed by atoms with Gasteiger partial charge in [-0.3, -0.25) is 10.1 Å². The summed E-state index contributed by atoms with van der Waals surface area (Å²) in [4.78, 5) is 20.5. The number of non-ortho nitro benzene ring substituents is 1. The van der Waals surface area contributed by atoms with E-state index in [2.05, 4.69) is 9.68 Å². The molecule has 0 fully saturated rings. The zero-order valence-electron chi connectivity index (χ0n) is 7.21. The number of aromatic nitrogens is 1. The first-order chi connectivity index (χ1) is 7.09. The molecule has 0 saturated heterocycles. The van der Waals surface area contributed by atoms with Crippen molar-refractivity contribution >= 4 is 22.6 Å². The lowest BCUT2D eigenvalue weighted by Crippen LogP contribution is -1.93. The number of hydrogen-bond donors (Lipinski definition) is 1. The van der Waals surface area contributed by atoms with Crippen molar-refractivity contribution in [2.45, 2.75) is 0 Å². The van der Waals surface area contributed by atoms with Crippen molar-refractivity contribution in [3.63, 3.8) is 0 Å². The summed E-state index contributed by atoms with van der Waals surface area (Å²) in [6, 6.07) is 3.66. The Kier molecular flexibility index (Phi) is 1.86. The predicted molar refractivity (Wildman–Crippen MR) is 47.6 cm³/mol. The molecule has 1 aromatic carbocycles. The topological polar surface area (TPSA) is 106 Å². The molecule has 0 aliphatic rings. The first-order valence-electron chi connectivity index (χ1n) is 3.86. The van der Waals surface area contributed by atoms with Crippen LogP contribution in [0.15, 0.2) is 22.7 Å². The van der Waals surface area contributed by atoms with E-state index in [1.165, 1.54) is 12.1 Å². The second-order valence-electron chi connectivity index (χ2n) is 2.78. The molecule has 0 bridgehead atoms. The summed E-state index contributed by atoms with van der Waals surface area (Å²) in [5, 5.41) is 22.8. The second-order valence-corrected chi connectivity index (χ2v) is 2.78. The predicted octanol–water partition coefficient (Wildman–Crippen LogP) is 1.43. The molecule has 15 heavy (non-hydrogen) atoms. The SMILES string of the molecule is O=C(O)c1onc2cc([N+](=O)[O-])ccc12. The molecule has 0 aliphatic carbocycles. The minimum Gasteiger partial charge on any atom is -0.475 e. The third-order valence-electron chi connectivity index (χ3n) is 1.87. The number of rotatable bonds is 2. The minimum atomic E-state index is -1.26. The van der Waals surface area contributed by atoms with Gasteiger partial charge in [-0.15, -0.1) is 0 Å². The number of carboxylic acid groups (broad SMARTS) is 1. The molecule has 0 saturated carbocycles. The fourth-order valence-corrected chi connectivity index (χ4v) is 1.20. The van der Waals surface area contributed by atoms with E-state index in [1.807, 2.05) is 0 Å². The van der Waals surface area contributed by atoms with Crippen LogP contribution in [-0.4, -0.2) is 21.2 Å². The number of hydrogen-bond acceptors (Lipinski definition) is 5. The third-order valence-corrected chi connectivity index (χ3v) is 1.87. The molecule has 2 rings (SSSR count). The molecule has 1 aromatic heterocycles. The molecule has 0 amide bonds. The second kappa shape index (κ2) is 3.05. The third kappa shape index (κ3) is 1.39. The number of nitro groups is 1. The molecule has 2 aromatic rings. The molecule has 1 heterocycles. The lowest BCUT2D eigenvalue weighted by Gasteiger charge is -1.90. The maximum absolute atomic E-state index is 10.6. The molecule has 0 spiro atoms. The van der Waals surface area contributed by atoms with Gasteiger partial charge in [-0.25, -0.2) is 4.79 Å². The summed E-state index contributed by atoms with van der Waals surface area (Å²) in [5.41, 5.74) is -0.00524. The molecular weight excluding hydrogens is 204 g/mol. The van der Waals surface area contributed by atoms with Gasteiger partial charge < -0.3 is 9.63 Å². The van der Waals surface area contributed by atoms with Crippen LogP contribution in [0, 0.1) is 10.1 Å². The maximum atomic E-state index is 10.6. The molecule has 0 radical (unpaired) electrons. The van der Waals surface area contributed by atoms with Gasteiger partial charge in [-0.1, -0.05) is 5.16 Å². The first-order valence-corrected chi connectivity index (χ1v) is 3.86. The van der Waals surface area contributed by atoms with Crippen molar-refractivity contribution in [3.05, 3.63) is 34.1 Å². The Morgan fingerprint density at radius 1 is 1.53 bits per heavy atom. The van der Waals surface area contributed by atoms with Gasteiger partial charge in [0.15, 0.2) is 0 Å². The van der Waals surface area contributed by atoms with Crippen LogP contribution in [0.5, 0.6) is 0 Å². The lowest BCUT2D eigenvalue weighted by atomic mass is 10.2. The summed E-state index contributed by atoms with van der Waals surface area (Å²) in [7, 11) is 0. The highest BCUT2D eigenvalue weighted by Gasteiger charge is 2.17. The van der Waals surface area contributed by atoms with E-state index in [9.17, 15) is 14.9 Å².